The Labute approximate surface area is 113 Å². The average Bonchev–Trinajstić information content (AvgIpc) is 2.48. The van der Waals surface area contributed by atoms with E-state index in [1.54, 1.807) is 0 Å². The fourth-order valence-corrected chi connectivity index (χ4v) is 2.03. The summed E-state index contributed by atoms with van der Waals surface area (Å²) in [4.78, 5) is 12.0. The zero-order valence-electron chi connectivity index (χ0n) is 10.9. The molecule has 104 valence electrons. The van der Waals surface area contributed by atoms with Crippen molar-refractivity contribution in [1.82, 2.24) is 5.32 Å². The molecule has 5 nitrogen and oxygen atoms in total. The Balaban J connectivity index is 1.86. The molecule has 0 radical (unpaired) electrons. The Kier molecular flexibility index (Phi) is 5.32. The number of ether oxygens (including phenoxy) is 2. The molecule has 1 aromatic rings. The molecule has 3 N–H and O–H groups in total. The largest absolute Gasteiger partial charge is 0.376 e. The molecule has 2 rings (SSSR count). The second-order valence-corrected chi connectivity index (χ2v) is 4.57. The molecule has 0 bridgehead atoms. The van der Waals surface area contributed by atoms with Crippen molar-refractivity contribution >= 4 is 5.91 Å². The van der Waals surface area contributed by atoms with Gasteiger partial charge in [-0.25, -0.2) is 0 Å². The lowest BCUT2D eigenvalue weighted by Crippen LogP contribution is -2.49. The first-order valence-corrected chi connectivity index (χ1v) is 6.53. The first kappa shape index (κ1) is 14.0. The Morgan fingerprint density at radius 2 is 2.16 bits per heavy atom. The number of carbonyl (C=O) groups excluding carboxylic acids is 1. The molecular weight excluding hydrogens is 244 g/mol. The summed E-state index contributed by atoms with van der Waals surface area (Å²) in [5.41, 5.74) is 6.86. The van der Waals surface area contributed by atoms with E-state index < -0.39 is 6.10 Å². The minimum Gasteiger partial charge on any atom is -0.376 e. The molecule has 0 spiro atoms. The summed E-state index contributed by atoms with van der Waals surface area (Å²) in [5.74, 6) is -0.147. The molecule has 1 aromatic carbocycles. The van der Waals surface area contributed by atoms with Gasteiger partial charge in [0.05, 0.1) is 19.8 Å². The van der Waals surface area contributed by atoms with E-state index in [2.05, 4.69) is 5.32 Å². The molecule has 2 atom stereocenters. The van der Waals surface area contributed by atoms with Crippen LogP contribution in [0.25, 0.3) is 0 Å². The highest BCUT2D eigenvalue weighted by Crippen LogP contribution is 2.05. The van der Waals surface area contributed by atoms with Gasteiger partial charge in [-0.2, -0.15) is 0 Å². The zero-order valence-corrected chi connectivity index (χ0v) is 10.9. The van der Waals surface area contributed by atoms with Crippen LogP contribution >= 0.6 is 0 Å². The van der Waals surface area contributed by atoms with E-state index in [9.17, 15) is 4.79 Å². The van der Waals surface area contributed by atoms with Crippen LogP contribution < -0.4 is 11.1 Å². The van der Waals surface area contributed by atoms with Crippen LogP contribution in [0.2, 0.25) is 0 Å². The summed E-state index contributed by atoms with van der Waals surface area (Å²) in [6.07, 6.45) is 0.204. The summed E-state index contributed by atoms with van der Waals surface area (Å²) in [6, 6.07) is 9.88. The lowest BCUT2D eigenvalue weighted by molar-refractivity contribution is -0.148. The number of carbonyl (C=O) groups is 1. The van der Waals surface area contributed by atoms with Crippen molar-refractivity contribution in [2.24, 2.45) is 5.73 Å². The Morgan fingerprint density at radius 3 is 2.79 bits per heavy atom. The van der Waals surface area contributed by atoms with Gasteiger partial charge >= 0.3 is 0 Å². The maximum atomic E-state index is 12.0. The molecule has 1 aliphatic heterocycles. The highest BCUT2D eigenvalue weighted by Gasteiger charge is 2.24. The van der Waals surface area contributed by atoms with Gasteiger partial charge in [0, 0.05) is 12.6 Å². The van der Waals surface area contributed by atoms with Crippen LogP contribution in [0.15, 0.2) is 30.3 Å². The molecule has 5 heteroatoms. The van der Waals surface area contributed by atoms with Gasteiger partial charge in [0.25, 0.3) is 5.91 Å². The van der Waals surface area contributed by atoms with Crippen molar-refractivity contribution in [2.75, 3.05) is 26.4 Å². The molecule has 1 saturated heterocycles. The maximum absolute atomic E-state index is 12.0. The third kappa shape index (κ3) is 4.31. The minimum absolute atomic E-state index is 0.0829. The quantitative estimate of drug-likeness (QED) is 0.790. The van der Waals surface area contributed by atoms with Crippen molar-refractivity contribution in [3.8, 4) is 0 Å². The van der Waals surface area contributed by atoms with Gasteiger partial charge in [-0.05, 0) is 12.0 Å². The molecule has 0 aromatic heterocycles. The molecule has 1 fully saturated rings. The normalized spacial score (nSPS) is 20.8. The van der Waals surface area contributed by atoms with Crippen LogP contribution in [0.5, 0.6) is 0 Å². The van der Waals surface area contributed by atoms with Crippen molar-refractivity contribution in [3.05, 3.63) is 35.9 Å². The molecule has 2 unspecified atom stereocenters. The lowest BCUT2D eigenvalue weighted by atomic mass is 10.1. The number of nitrogens with one attached hydrogen (secondary N) is 1. The van der Waals surface area contributed by atoms with E-state index in [0.717, 1.165) is 12.0 Å². The third-order valence-electron chi connectivity index (χ3n) is 3.06. The summed E-state index contributed by atoms with van der Waals surface area (Å²) in [5, 5.41) is 2.92. The first-order valence-electron chi connectivity index (χ1n) is 6.53. The summed E-state index contributed by atoms with van der Waals surface area (Å²) in [7, 11) is 0. The van der Waals surface area contributed by atoms with E-state index in [1.165, 1.54) is 0 Å². The second-order valence-electron chi connectivity index (χ2n) is 4.57. The minimum atomic E-state index is -0.515. The first-order chi connectivity index (χ1) is 9.29. The molecule has 1 heterocycles. The molecule has 1 amide bonds. The van der Waals surface area contributed by atoms with Crippen LogP contribution in [0.1, 0.15) is 5.56 Å². The average molecular weight is 264 g/mol. The number of benzene rings is 1. The Bertz CT molecular complexity index is 391. The van der Waals surface area contributed by atoms with Crippen LogP contribution in [-0.4, -0.2) is 44.4 Å². The van der Waals surface area contributed by atoms with Crippen LogP contribution in [0.3, 0.4) is 0 Å². The van der Waals surface area contributed by atoms with Gasteiger partial charge in [-0.15, -0.1) is 0 Å². The van der Waals surface area contributed by atoms with E-state index in [0.29, 0.717) is 26.4 Å². The van der Waals surface area contributed by atoms with E-state index in [4.69, 9.17) is 15.2 Å². The lowest BCUT2D eigenvalue weighted by Gasteiger charge is -2.25. The van der Waals surface area contributed by atoms with Crippen molar-refractivity contribution in [2.45, 2.75) is 18.6 Å². The van der Waals surface area contributed by atoms with Gasteiger partial charge in [0.2, 0.25) is 0 Å². The highest BCUT2D eigenvalue weighted by atomic mass is 16.6. The molecule has 0 saturated carbocycles. The smallest absolute Gasteiger partial charge is 0.251 e. The number of nitrogens with two attached hydrogens (primary N) is 1. The monoisotopic (exact) mass is 264 g/mol. The molecular formula is C14H20N2O3. The van der Waals surface area contributed by atoms with Crippen molar-refractivity contribution < 1.29 is 14.3 Å². The number of hydrogen-bond acceptors (Lipinski definition) is 4. The summed E-state index contributed by atoms with van der Waals surface area (Å²) in [6.45, 7) is 1.72. The predicted molar refractivity (Wildman–Crippen MR) is 71.7 cm³/mol. The van der Waals surface area contributed by atoms with E-state index in [1.807, 2.05) is 30.3 Å². The molecule has 0 aliphatic carbocycles. The predicted octanol–water partition coefficient (Wildman–Crippen LogP) is 0.0880. The Hall–Kier alpha value is -1.43. The van der Waals surface area contributed by atoms with E-state index in [-0.39, 0.29) is 11.9 Å². The zero-order chi connectivity index (χ0) is 13.5. The van der Waals surface area contributed by atoms with Gasteiger partial charge < -0.3 is 20.5 Å². The molecule has 1 aliphatic rings. The van der Waals surface area contributed by atoms with Crippen molar-refractivity contribution in [3.63, 3.8) is 0 Å². The highest BCUT2D eigenvalue weighted by molar-refractivity contribution is 5.81. The third-order valence-corrected chi connectivity index (χ3v) is 3.06. The van der Waals surface area contributed by atoms with Crippen LogP contribution in [-0.2, 0) is 20.7 Å². The second kappa shape index (κ2) is 7.23. The topological polar surface area (TPSA) is 73.6 Å². The SMILES string of the molecule is NCC(Cc1ccccc1)NC(=O)C1COCCO1. The van der Waals surface area contributed by atoms with Gasteiger partial charge in [-0.1, -0.05) is 30.3 Å². The standard InChI is InChI=1S/C14H20N2O3/c15-9-12(8-11-4-2-1-3-5-11)16-14(17)13-10-18-6-7-19-13/h1-5,12-13H,6-10,15H2,(H,16,17). The number of rotatable bonds is 5. The number of amides is 1. The molecule has 19 heavy (non-hydrogen) atoms. The van der Waals surface area contributed by atoms with Crippen molar-refractivity contribution in [1.29, 1.82) is 0 Å². The van der Waals surface area contributed by atoms with Gasteiger partial charge in [0.1, 0.15) is 0 Å². The number of hydrogen-bond donors (Lipinski definition) is 2. The van der Waals surface area contributed by atoms with E-state index >= 15 is 0 Å². The van der Waals surface area contributed by atoms with Crippen LogP contribution in [0, 0.1) is 0 Å². The summed E-state index contributed by atoms with van der Waals surface area (Å²) >= 11 is 0. The Morgan fingerprint density at radius 1 is 1.37 bits per heavy atom. The summed E-state index contributed by atoms with van der Waals surface area (Å²) < 4.78 is 10.6. The maximum Gasteiger partial charge on any atom is 0.251 e. The van der Waals surface area contributed by atoms with Gasteiger partial charge in [0.15, 0.2) is 6.10 Å². The fraction of sp³-hybridized carbons (Fsp3) is 0.500. The van der Waals surface area contributed by atoms with Gasteiger partial charge in [-0.3, -0.25) is 4.79 Å². The fourth-order valence-electron chi connectivity index (χ4n) is 2.03. The van der Waals surface area contributed by atoms with Crippen LogP contribution in [0.4, 0.5) is 0 Å².